The van der Waals surface area contributed by atoms with Crippen LogP contribution in [0.3, 0.4) is 0 Å². The van der Waals surface area contributed by atoms with Crippen molar-refractivity contribution >= 4 is 51.6 Å². The van der Waals surface area contributed by atoms with Crippen molar-refractivity contribution in [2.45, 2.75) is 23.9 Å². The number of nitrogens with one attached hydrogen (secondary N) is 2. The van der Waals surface area contributed by atoms with Gasteiger partial charge in [-0.25, -0.2) is 9.97 Å². The lowest BCUT2D eigenvalue weighted by atomic mass is 9.91. The zero-order chi connectivity index (χ0) is 25.5. The molecule has 2 aromatic carbocycles. The van der Waals surface area contributed by atoms with E-state index in [0.29, 0.717) is 35.6 Å². The Hall–Kier alpha value is -3.89. The molecular weight excluding hydrogens is 494 g/mol. The monoisotopic (exact) mass is 517 g/mol. The van der Waals surface area contributed by atoms with E-state index in [-0.39, 0.29) is 17.9 Å². The van der Waals surface area contributed by atoms with Crippen molar-refractivity contribution in [1.29, 1.82) is 0 Å². The first kappa shape index (κ1) is 22.3. The van der Waals surface area contributed by atoms with Crippen LogP contribution in [0.1, 0.15) is 23.5 Å². The van der Waals surface area contributed by atoms with Gasteiger partial charge in [-0.05, 0) is 47.9 Å². The molecule has 1 aliphatic carbocycles. The van der Waals surface area contributed by atoms with Gasteiger partial charge in [-0.15, -0.1) is 0 Å². The number of β-amino-alcohol motifs (C(OH)–C–C–N with tert-alkyl or cyclic N) is 1. The fourth-order valence-electron chi connectivity index (χ4n) is 5.77. The molecule has 7 rings (SSSR count). The fourth-order valence-corrected chi connectivity index (χ4v) is 6.04. The number of hydrogen-bond acceptors (Lipinski definition) is 8. The number of aromatic amines is 1. The number of anilines is 4. The smallest absolute Gasteiger partial charge is 0.238 e. The number of carbonyl (C=O) groups is 1. The molecule has 1 saturated heterocycles. The van der Waals surface area contributed by atoms with Crippen molar-refractivity contribution in [3.05, 3.63) is 58.9 Å². The second-order valence-corrected chi connectivity index (χ2v) is 10.3. The van der Waals surface area contributed by atoms with Gasteiger partial charge in [-0.3, -0.25) is 9.89 Å². The summed E-state index contributed by atoms with van der Waals surface area (Å²) in [5.41, 5.74) is 3.35. The number of amides is 1. The first-order valence-electron chi connectivity index (χ1n) is 12.1. The highest BCUT2D eigenvalue weighted by Crippen LogP contribution is 2.66. The second kappa shape index (κ2) is 7.80. The van der Waals surface area contributed by atoms with E-state index in [4.69, 9.17) is 16.3 Å². The molecule has 3 N–H and O–H groups in total. The average Bonchev–Trinajstić information content (AvgIpc) is 3.48. The van der Waals surface area contributed by atoms with E-state index in [0.717, 1.165) is 39.9 Å². The molecule has 4 heterocycles. The van der Waals surface area contributed by atoms with E-state index < -0.39 is 5.41 Å². The third kappa shape index (κ3) is 3.15. The molecule has 2 atom stereocenters. The molecule has 0 radical (unpaired) electrons. The van der Waals surface area contributed by atoms with Gasteiger partial charge in [0.15, 0.2) is 17.5 Å². The topological polar surface area (TPSA) is 119 Å². The van der Waals surface area contributed by atoms with Crippen molar-refractivity contribution in [3.63, 3.8) is 0 Å². The third-order valence-electron chi connectivity index (χ3n) is 7.85. The van der Waals surface area contributed by atoms with Crippen molar-refractivity contribution < 1.29 is 14.6 Å². The van der Waals surface area contributed by atoms with Gasteiger partial charge < -0.3 is 25.0 Å². The lowest BCUT2D eigenvalue weighted by Crippen LogP contribution is -2.51. The normalized spacial score (nSPS) is 22.5. The van der Waals surface area contributed by atoms with Crippen molar-refractivity contribution in [3.8, 4) is 5.75 Å². The molecule has 188 valence electrons. The molecule has 1 spiro atoms. The number of aliphatic hydroxyl groups is 1. The number of fused-ring (bicyclic) bond motifs is 3. The van der Waals surface area contributed by atoms with Crippen molar-refractivity contribution in [2.75, 3.05) is 42.4 Å². The number of likely N-dealkylation sites (N-methyl/N-ethyl adjacent to an activating group) is 1. The van der Waals surface area contributed by atoms with Crippen LogP contribution in [0, 0.1) is 0 Å². The molecular formula is C26H24ClN7O3. The molecule has 1 amide bonds. The molecule has 2 aromatic heterocycles. The fraction of sp³-hybridized carbons (Fsp3) is 0.308. The predicted molar refractivity (Wildman–Crippen MR) is 140 cm³/mol. The SMILES string of the molecule is COc1ccc2c(c1)[C@]1(C[C@H]1c1ccc3c(Nc4ncnc(N5CC(O)C5)c4Cl)n[nH]c3c1)C(=O)N2C. The number of hydrogen-bond donors (Lipinski definition) is 3. The molecule has 0 unspecified atom stereocenters. The minimum absolute atomic E-state index is 0.0747. The van der Waals surface area contributed by atoms with E-state index in [9.17, 15) is 9.90 Å². The Bertz CT molecular complexity index is 1580. The summed E-state index contributed by atoms with van der Waals surface area (Å²) in [6.45, 7) is 0.977. The summed E-state index contributed by atoms with van der Waals surface area (Å²) in [5, 5.41) is 21.6. The van der Waals surface area contributed by atoms with Gasteiger partial charge in [0.1, 0.15) is 17.1 Å². The van der Waals surface area contributed by atoms with Crippen molar-refractivity contribution in [1.82, 2.24) is 20.2 Å². The summed E-state index contributed by atoms with van der Waals surface area (Å²) >= 11 is 6.57. The zero-order valence-corrected chi connectivity index (χ0v) is 21.0. The molecule has 11 heteroatoms. The average molecular weight is 518 g/mol. The minimum Gasteiger partial charge on any atom is -0.497 e. The van der Waals surface area contributed by atoms with E-state index in [1.54, 1.807) is 12.0 Å². The number of H-pyrrole nitrogens is 1. The maximum atomic E-state index is 13.4. The highest BCUT2D eigenvalue weighted by atomic mass is 35.5. The van der Waals surface area contributed by atoms with Crippen LogP contribution in [0.25, 0.3) is 10.9 Å². The van der Waals surface area contributed by atoms with Crippen molar-refractivity contribution in [2.24, 2.45) is 0 Å². The quantitative estimate of drug-likeness (QED) is 0.369. The predicted octanol–water partition coefficient (Wildman–Crippen LogP) is 3.34. The second-order valence-electron chi connectivity index (χ2n) is 9.90. The first-order valence-corrected chi connectivity index (χ1v) is 12.4. The van der Waals surface area contributed by atoms with Crippen LogP contribution in [0.4, 0.5) is 23.1 Å². The molecule has 0 bridgehead atoms. The van der Waals surface area contributed by atoms with Gasteiger partial charge in [0, 0.05) is 37.1 Å². The van der Waals surface area contributed by atoms with Gasteiger partial charge in [-0.2, -0.15) is 5.10 Å². The number of nitrogens with zero attached hydrogens (tertiary/aromatic N) is 5. The largest absolute Gasteiger partial charge is 0.497 e. The highest BCUT2D eigenvalue weighted by Gasteiger charge is 2.66. The van der Waals surface area contributed by atoms with Gasteiger partial charge in [-0.1, -0.05) is 17.7 Å². The number of rotatable bonds is 5. The highest BCUT2D eigenvalue weighted by molar-refractivity contribution is 6.35. The van der Waals surface area contributed by atoms with E-state index >= 15 is 0 Å². The van der Waals surface area contributed by atoms with Crippen LogP contribution < -0.4 is 19.9 Å². The van der Waals surface area contributed by atoms with Crippen LogP contribution in [0.2, 0.25) is 5.02 Å². The lowest BCUT2D eigenvalue weighted by Gasteiger charge is -2.37. The van der Waals surface area contributed by atoms with E-state index in [1.165, 1.54) is 6.33 Å². The summed E-state index contributed by atoms with van der Waals surface area (Å²) in [4.78, 5) is 25.6. The van der Waals surface area contributed by atoms with Gasteiger partial charge >= 0.3 is 0 Å². The first-order chi connectivity index (χ1) is 17.9. The maximum absolute atomic E-state index is 13.4. The summed E-state index contributed by atoms with van der Waals surface area (Å²) in [5.74, 6) is 2.56. The summed E-state index contributed by atoms with van der Waals surface area (Å²) in [7, 11) is 3.48. The number of aromatic nitrogens is 4. The number of halogens is 1. The molecule has 3 aliphatic rings. The number of methoxy groups -OCH3 is 1. The number of benzene rings is 2. The van der Waals surface area contributed by atoms with Crippen LogP contribution in [-0.4, -0.2) is 64.5 Å². The lowest BCUT2D eigenvalue weighted by molar-refractivity contribution is -0.120. The Balaban J connectivity index is 1.18. The van der Waals surface area contributed by atoms with Gasteiger partial charge in [0.05, 0.1) is 24.1 Å². The third-order valence-corrected chi connectivity index (χ3v) is 8.20. The minimum atomic E-state index is -0.553. The Labute approximate surface area is 217 Å². The standard InChI is InChI=1S/C26H24ClN7O3/c1-33-20-6-4-15(37-2)8-17(20)26(25(33)36)9-18(26)13-3-5-16-19(7-13)31-32-22(16)30-23-21(27)24(29-12-28-23)34-10-14(35)11-34/h3-8,12,14,18,35H,9-11H2,1-2H3,(H2,28,29,30,31,32)/t18-,26-/m0/s1. The van der Waals surface area contributed by atoms with E-state index in [1.807, 2.05) is 36.2 Å². The summed E-state index contributed by atoms with van der Waals surface area (Å²) in [6.07, 6.45) is 1.83. The van der Waals surface area contributed by atoms with Gasteiger partial charge in [0.2, 0.25) is 5.91 Å². The Morgan fingerprint density at radius 1 is 1.19 bits per heavy atom. The Morgan fingerprint density at radius 3 is 2.81 bits per heavy atom. The molecule has 10 nitrogen and oxygen atoms in total. The number of ether oxygens (including phenoxy) is 1. The van der Waals surface area contributed by atoms with Crippen LogP contribution >= 0.6 is 11.6 Å². The number of aliphatic hydroxyl groups excluding tert-OH is 1. The van der Waals surface area contributed by atoms with Crippen LogP contribution in [-0.2, 0) is 10.2 Å². The van der Waals surface area contributed by atoms with Crippen LogP contribution in [0.5, 0.6) is 5.75 Å². The Kier molecular flexibility index (Phi) is 4.71. The summed E-state index contributed by atoms with van der Waals surface area (Å²) < 4.78 is 5.44. The van der Waals surface area contributed by atoms with Gasteiger partial charge in [0.25, 0.3) is 0 Å². The number of carbonyl (C=O) groups excluding carboxylic acids is 1. The molecule has 4 aromatic rings. The zero-order valence-electron chi connectivity index (χ0n) is 20.2. The molecule has 2 fully saturated rings. The maximum Gasteiger partial charge on any atom is 0.238 e. The van der Waals surface area contributed by atoms with Crippen LogP contribution in [0.15, 0.2) is 42.7 Å². The molecule has 2 aliphatic heterocycles. The molecule has 37 heavy (non-hydrogen) atoms. The Morgan fingerprint density at radius 2 is 2.03 bits per heavy atom. The summed E-state index contributed by atoms with van der Waals surface area (Å²) in [6, 6.07) is 12.0. The molecule has 1 saturated carbocycles. The van der Waals surface area contributed by atoms with E-state index in [2.05, 4.69) is 37.6 Å².